The van der Waals surface area contributed by atoms with Crippen LogP contribution in [0.5, 0.6) is 5.88 Å². The largest absolute Gasteiger partial charge is 0.473 e. The van der Waals surface area contributed by atoms with Crippen LogP contribution in [0.3, 0.4) is 0 Å². The van der Waals surface area contributed by atoms with E-state index >= 15 is 0 Å². The molecule has 0 spiro atoms. The van der Waals surface area contributed by atoms with E-state index in [-0.39, 0.29) is 18.0 Å². The molecule has 3 aromatic rings. The topological polar surface area (TPSA) is 64.1 Å². The predicted molar refractivity (Wildman–Crippen MR) is 107 cm³/mol. The second kappa shape index (κ2) is 8.92. The Hall–Kier alpha value is -3.12. The van der Waals surface area contributed by atoms with Gasteiger partial charge in [-0.25, -0.2) is 9.37 Å². The molecule has 0 amide bonds. The molecule has 148 valence electrons. The summed E-state index contributed by atoms with van der Waals surface area (Å²) in [5.41, 5.74) is 2.10. The highest BCUT2D eigenvalue weighted by Crippen LogP contribution is 2.25. The number of pyridine rings is 2. The maximum Gasteiger partial charge on any atom is 0.213 e. The van der Waals surface area contributed by atoms with Gasteiger partial charge in [-0.15, -0.1) is 0 Å². The lowest BCUT2D eigenvalue weighted by atomic mass is 9.94. The van der Waals surface area contributed by atoms with Gasteiger partial charge >= 0.3 is 0 Å². The average molecular weight is 391 g/mol. The zero-order chi connectivity index (χ0) is 20.1. The maximum atomic E-state index is 14.5. The molecule has 0 bridgehead atoms. The lowest BCUT2D eigenvalue weighted by Crippen LogP contribution is -2.27. The Labute approximate surface area is 169 Å². The number of carbonyl (C=O) groups is 1. The number of ether oxygens (including phenoxy) is 1. The van der Waals surface area contributed by atoms with Crippen molar-refractivity contribution in [1.82, 2.24) is 15.3 Å². The van der Waals surface area contributed by atoms with Gasteiger partial charge in [0.2, 0.25) is 5.88 Å². The van der Waals surface area contributed by atoms with Crippen LogP contribution in [0.25, 0.3) is 0 Å². The van der Waals surface area contributed by atoms with Crippen molar-refractivity contribution < 1.29 is 13.9 Å². The van der Waals surface area contributed by atoms with Crippen LogP contribution in [-0.2, 0) is 6.61 Å². The first-order chi connectivity index (χ1) is 14.2. The summed E-state index contributed by atoms with van der Waals surface area (Å²) < 4.78 is 20.3. The van der Waals surface area contributed by atoms with Crippen molar-refractivity contribution in [3.05, 3.63) is 89.1 Å². The molecule has 1 N–H and O–H groups in total. The number of nitrogens with one attached hydrogen (secondary N) is 1. The summed E-state index contributed by atoms with van der Waals surface area (Å²) in [5, 5.41) is 3.35. The van der Waals surface area contributed by atoms with E-state index in [4.69, 9.17) is 4.74 Å². The van der Waals surface area contributed by atoms with Crippen LogP contribution < -0.4 is 10.1 Å². The van der Waals surface area contributed by atoms with Gasteiger partial charge in [0, 0.05) is 46.8 Å². The van der Waals surface area contributed by atoms with Gasteiger partial charge in [-0.1, -0.05) is 18.2 Å². The number of aromatic nitrogens is 2. The lowest BCUT2D eigenvalue weighted by molar-refractivity contribution is 0.103. The smallest absolute Gasteiger partial charge is 0.213 e. The van der Waals surface area contributed by atoms with Gasteiger partial charge in [0.05, 0.1) is 0 Å². The molecule has 1 aromatic carbocycles. The zero-order valence-electron chi connectivity index (χ0n) is 16.0. The fraction of sp³-hybridized carbons (Fsp3) is 0.261. The van der Waals surface area contributed by atoms with Crippen LogP contribution in [0.2, 0.25) is 0 Å². The number of rotatable bonds is 6. The van der Waals surface area contributed by atoms with Gasteiger partial charge < -0.3 is 10.1 Å². The molecule has 0 unspecified atom stereocenters. The number of nitrogens with zero attached hydrogens (tertiary/aromatic N) is 2. The fourth-order valence-corrected chi connectivity index (χ4v) is 3.48. The number of halogens is 1. The summed E-state index contributed by atoms with van der Waals surface area (Å²) >= 11 is 0. The van der Waals surface area contributed by atoms with Crippen molar-refractivity contribution in [3.8, 4) is 5.88 Å². The van der Waals surface area contributed by atoms with E-state index < -0.39 is 5.82 Å². The van der Waals surface area contributed by atoms with E-state index in [1.807, 2.05) is 12.1 Å². The van der Waals surface area contributed by atoms with Crippen LogP contribution in [0.4, 0.5) is 4.39 Å². The molecule has 6 heteroatoms. The molecule has 2 aromatic heterocycles. The minimum Gasteiger partial charge on any atom is -0.473 e. The first-order valence-corrected chi connectivity index (χ1v) is 9.74. The molecule has 0 radical (unpaired) electrons. The van der Waals surface area contributed by atoms with Crippen molar-refractivity contribution in [1.29, 1.82) is 0 Å². The molecule has 1 saturated heterocycles. The summed E-state index contributed by atoms with van der Waals surface area (Å²) in [4.78, 5) is 20.9. The highest BCUT2D eigenvalue weighted by atomic mass is 19.1. The summed E-state index contributed by atoms with van der Waals surface area (Å²) in [6, 6.07) is 13.5. The number of hydrogen-bond donors (Lipinski definition) is 1. The normalized spacial score (nSPS) is 14.5. The number of carbonyl (C=O) groups excluding carboxylic acids is 1. The molecule has 4 rings (SSSR count). The molecule has 0 saturated carbocycles. The summed E-state index contributed by atoms with van der Waals surface area (Å²) in [7, 11) is 0. The van der Waals surface area contributed by atoms with E-state index in [9.17, 15) is 9.18 Å². The van der Waals surface area contributed by atoms with Crippen LogP contribution in [-0.4, -0.2) is 28.8 Å². The zero-order valence-corrected chi connectivity index (χ0v) is 16.0. The first-order valence-electron chi connectivity index (χ1n) is 9.74. The van der Waals surface area contributed by atoms with Gasteiger partial charge in [0.15, 0.2) is 5.78 Å². The Bertz CT molecular complexity index is 988. The number of hydrogen-bond acceptors (Lipinski definition) is 5. The third-order valence-electron chi connectivity index (χ3n) is 5.12. The van der Waals surface area contributed by atoms with Gasteiger partial charge in [-0.3, -0.25) is 9.78 Å². The molecule has 29 heavy (non-hydrogen) atoms. The summed E-state index contributed by atoms with van der Waals surface area (Å²) in [6.45, 7) is 2.04. The summed E-state index contributed by atoms with van der Waals surface area (Å²) in [6.07, 6.45) is 5.17. The van der Waals surface area contributed by atoms with Crippen LogP contribution in [0, 0.1) is 5.82 Å². The minimum atomic E-state index is -0.478. The Morgan fingerprint density at radius 1 is 1.10 bits per heavy atom. The third kappa shape index (κ3) is 4.66. The lowest BCUT2D eigenvalue weighted by Gasteiger charge is -2.22. The number of piperidine rings is 1. The Morgan fingerprint density at radius 2 is 1.97 bits per heavy atom. The van der Waals surface area contributed by atoms with Gasteiger partial charge in [0.25, 0.3) is 0 Å². The van der Waals surface area contributed by atoms with E-state index in [0.717, 1.165) is 31.6 Å². The molecule has 1 fully saturated rings. The Morgan fingerprint density at radius 3 is 2.72 bits per heavy atom. The van der Waals surface area contributed by atoms with E-state index in [0.29, 0.717) is 22.9 Å². The quantitative estimate of drug-likeness (QED) is 0.646. The fourth-order valence-electron chi connectivity index (χ4n) is 3.48. The van der Waals surface area contributed by atoms with Gasteiger partial charge in [0.1, 0.15) is 12.4 Å². The highest BCUT2D eigenvalue weighted by molar-refractivity contribution is 6.08. The minimum absolute atomic E-state index is 0.0515. The predicted octanol–water partition coefficient (Wildman–Crippen LogP) is 3.89. The van der Waals surface area contributed by atoms with E-state index in [2.05, 4.69) is 15.3 Å². The van der Waals surface area contributed by atoms with Gasteiger partial charge in [-0.05, 0) is 50.2 Å². The van der Waals surface area contributed by atoms with Crippen LogP contribution >= 0.6 is 0 Å². The van der Waals surface area contributed by atoms with Crippen LogP contribution in [0.1, 0.15) is 45.9 Å². The molecule has 3 heterocycles. The SMILES string of the molecule is O=C(c1cccnc1)c1ccc(COc2cccc(C3CCNCC3)n2)c(F)c1. The monoisotopic (exact) mass is 391 g/mol. The Kier molecular flexibility index (Phi) is 5.91. The van der Waals surface area contributed by atoms with Crippen molar-refractivity contribution in [2.45, 2.75) is 25.4 Å². The van der Waals surface area contributed by atoms with Crippen molar-refractivity contribution in [2.75, 3.05) is 13.1 Å². The molecule has 1 aliphatic rings. The maximum absolute atomic E-state index is 14.5. The Balaban J connectivity index is 1.43. The molecular weight excluding hydrogens is 369 g/mol. The second-order valence-electron chi connectivity index (χ2n) is 7.09. The second-order valence-corrected chi connectivity index (χ2v) is 7.09. The summed E-state index contributed by atoms with van der Waals surface area (Å²) in [5.74, 6) is 0.167. The molecule has 0 atom stereocenters. The van der Waals surface area contributed by atoms with Crippen molar-refractivity contribution in [2.24, 2.45) is 0 Å². The van der Waals surface area contributed by atoms with E-state index in [1.54, 1.807) is 36.5 Å². The van der Waals surface area contributed by atoms with E-state index in [1.165, 1.54) is 12.3 Å². The third-order valence-corrected chi connectivity index (χ3v) is 5.12. The van der Waals surface area contributed by atoms with Gasteiger partial charge in [-0.2, -0.15) is 0 Å². The highest BCUT2D eigenvalue weighted by Gasteiger charge is 2.17. The molecule has 1 aliphatic heterocycles. The molecule has 5 nitrogen and oxygen atoms in total. The van der Waals surface area contributed by atoms with Crippen molar-refractivity contribution in [3.63, 3.8) is 0 Å². The average Bonchev–Trinajstić information content (AvgIpc) is 2.79. The van der Waals surface area contributed by atoms with Crippen LogP contribution in [0.15, 0.2) is 60.9 Å². The standard InChI is InChI=1S/C23H22FN3O2/c24-20-13-17(23(28)18-3-2-10-26-14-18)6-7-19(20)15-29-22-5-1-4-21(27-22)16-8-11-25-12-9-16/h1-7,10,13-14,16,25H,8-9,11-12,15H2. The van der Waals surface area contributed by atoms with Crippen molar-refractivity contribution >= 4 is 5.78 Å². The molecule has 0 aliphatic carbocycles. The number of benzene rings is 1. The first kappa shape index (κ1) is 19.2. The number of ketones is 1. The molecular formula is C23H22FN3O2.